The van der Waals surface area contributed by atoms with E-state index in [0.717, 1.165) is 31.9 Å². The van der Waals surface area contributed by atoms with Crippen LogP contribution in [0, 0.1) is 10.1 Å². The molecule has 0 spiro atoms. The summed E-state index contributed by atoms with van der Waals surface area (Å²) in [6, 6.07) is 17.8. The Bertz CT molecular complexity index is 2650. The van der Waals surface area contributed by atoms with Crippen molar-refractivity contribution in [3.63, 3.8) is 0 Å². The first kappa shape index (κ1) is 31.2. The third-order valence-corrected chi connectivity index (χ3v) is 9.75. The number of nitrogens with one attached hydrogen (secondary N) is 3. The second-order valence-corrected chi connectivity index (χ2v) is 13.1. The van der Waals surface area contributed by atoms with E-state index < -0.39 is 4.92 Å². The monoisotopic (exact) mass is 743 g/mol. The SMILES string of the molecule is Nc1nc2[nH]nc(-n3cncc3-c3ccccc3Cl)c2s1.O=[N+]([O-])c1ccc(Nc2nc3[nH]nc(-n4cncc4-c4ccccc4Cl)c3s2)o1. The van der Waals surface area contributed by atoms with E-state index in [1.54, 1.807) is 25.0 Å². The van der Waals surface area contributed by atoms with E-state index in [1.165, 1.54) is 34.8 Å². The smallest absolute Gasteiger partial charge is 0.384 e. The lowest BCUT2D eigenvalue weighted by molar-refractivity contribution is -0.401. The molecule has 20 heteroatoms. The van der Waals surface area contributed by atoms with Crippen LogP contribution in [-0.2, 0) is 0 Å². The number of nitro groups is 1. The van der Waals surface area contributed by atoms with Gasteiger partial charge in [0.2, 0.25) is 5.88 Å². The number of H-pyrrole nitrogens is 2. The Labute approximate surface area is 297 Å². The van der Waals surface area contributed by atoms with E-state index in [0.29, 0.717) is 43.2 Å². The van der Waals surface area contributed by atoms with Gasteiger partial charge in [0, 0.05) is 27.2 Å². The van der Waals surface area contributed by atoms with Gasteiger partial charge in [-0.1, -0.05) is 82.3 Å². The molecule has 248 valence electrons. The number of benzene rings is 2. The number of thiazole rings is 2. The number of fused-ring (bicyclic) bond motifs is 2. The van der Waals surface area contributed by atoms with Crippen molar-refractivity contribution in [2.24, 2.45) is 0 Å². The van der Waals surface area contributed by atoms with Crippen molar-refractivity contribution in [2.45, 2.75) is 0 Å². The third-order valence-electron chi connectivity index (χ3n) is 7.25. The molecule has 5 N–H and O–H groups in total. The topological polar surface area (TPSA) is 213 Å². The average molecular weight is 745 g/mol. The van der Waals surface area contributed by atoms with Crippen molar-refractivity contribution in [3.05, 3.63) is 106 Å². The van der Waals surface area contributed by atoms with Crippen LogP contribution in [0.15, 0.2) is 90.1 Å². The van der Waals surface area contributed by atoms with E-state index in [9.17, 15) is 10.1 Å². The minimum absolute atomic E-state index is 0.224. The van der Waals surface area contributed by atoms with Gasteiger partial charge in [-0.25, -0.2) is 19.9 Å². The zero-order valence-electron chi connectivity index (χ0n) is 25.0. The highest BCUT2D eigenvalue weighted by molar-refractivity contribution is 7.22. The summed E-state index contributed by atoms with van der Waals surface area (Å²) in [5, 5.41) is 30.4. The van der Waals surface area contributed by atoms with Crippen molar-refractivity contribution in [2.75, 3.05) is 11.1 Å². The van der Waals surface area contributed by atoms with Crippen LogP contribution in [0.25, 0.3) is 54.8 Å². The molecule has 0 fully saturated rings. The zero-order chi connectivity index (χ0) is 34.4. The Morgan fingerprint density at radius 1 is 0.800 bits per heavy atom. The molecule has 0 aliphatic carbocycles. The molecule has 0 radical (unpaired) electrons. The number of aromatic nitrogens is 10. The highest BCUT2D eigenvalue weighted by Crippen LogP contribution is 2.36. The van der Waals surface area contributed by atoms with Gasteiger partial charge >= 0.3 is 5.88 Å². The number of aromatic amines is 2. The number of furan rings is 1. The summed E-state index contributed by atoms with van der Waals surface area (Å²) < 4.78 is 10.5. The molecule has 16 nitrogen and oxygen atoms in total. The summed E-state index contributed by atoms with van der Waals surface area (Å²) >= 11 is 15.3. The van der Waals surface area contributed by atoms with Crippen molar-refractivity contribution < 1.29 is 9.34 Å². The summed E-state index contributed by atoms with van der Waals surface area (Å²) in [4.78, 5) is 27.2. The van der Waals surface area contributed by atoms with Crippen molar-refractivity contribution >= 4 is 88.6 Å². The number of rotatable bonds is 7. The number of imidazole rings is 2. The lowest BCUT2D eigenvalue weighted by Gasteiger charge is -2.06. The maximum atomic E-state index is 10.8. The van der Waals surface area contributed by atoms with Crippen molar-refractivity contribution in [3.8, 4) is 34.2 Å². The Morgan fingerprint density at radius 2 is 1.36 bits per heavy atom. The Hall–Kier alpha value is -6.08. The molecule has 7 heterocycles. The van der Waals surface area contributed by atoms with E-state index in [4.69, 9.17) is 33.4 Å². The van der Waals surface area contributed by atoms with Gasteiger partial charge in [0.1, 0.15) is 27.0 Å². The van der Waals surface area contributed by atoms with Gasteiger partial charge in [-0.3, -0.25) is 29.4 Å². The molecule has 2 aromatic carbocycles. The molecule has 0 bridgehead atoms. The number of anilines is 3. The van der Waals surface area contributed by atoms with Crippen LogP contribution in [0.5, 0.6) is 0 Å². The van der Waals surface area contributed by atoms with Gasteiger partial charge in [0.05, 0.1) is 29.8 Å². The van der Waals surface area contributed by atoms with Gasteiger partial charge in [0.15, 0.2) is 33.2 Å². The fourth-order valence-corrected chi connectivity index (χ4v) is 7.21. The number of halogens is 2. The van der Waals surface area contributed by atoms with Gasteiger partial charge in [-0.15, -0.1) is 0 Å². The van der Waals surface area contributed by atoms with Crippen LogP contribution in [0.3, 0.4) is 0 Å². The maximum Gasteiger partial charge on any atom is 0.434 e. The summed E-state index contributed by atoms with van der Waals surface area (Å²) in [5.41, 5.74) is 10.3. The third kappa shape index (κ3) is 5.71. The van der Waals surface area contributed by atoms with E-state index in [1.807, 2.05) is 57.7 Å². The predicted octanol–water partition coefficient (Wildman–Crippen LogP) is 7.88. The molecular formula is C30H19Cl2N13O3S2. The maximum absolute atomic E-state index is 10.8. The second-order valence-electron chi connectivity index (χ2n) is 10.3. The molecule has 9 aromatic rings. The van der Waals surface area contributed by atoms with Crippen LogP contribution in [0.1, 0.15) is 0 Å². The minimum atomic E-state index is -0.603. The Balaban J connectivity index is 0.000000152. The molecule has 0 amide bonds. The number of nitrogen functional groups attached to an aromatic ring is 1. The van der Waals surface area contributed by atoms with Gasteiger partial charge in [-0.05, 0) is 12.1 Å². The van der Waals surface area contributed by atoms with E-state index in [-0.39, 0.29) is 11.8 Å². The van der Waals surface area contributed by atoms with Gasteiger partial charge in [-0.2, -0.15) is 10.2 Å². The van der Waals surface area contributed by atoms with Crippen LogP contribution < -0.4 is 11.1 Å². The Morgan fingerprint density at radius 3 is 1.92 bits per heavy atom. The van der Waals surface area contributed by atoms with Crippen LogP contribution in [-0.4, -0.2) is 54.4 Å². The summed E-state index contributed by atoms with van der Waals surface area (Å²) in [6.07, 6.45) is 6.82. The summed E-state index contributed by atoms with van der Waals surface area (Å²) in [7, 11) is 0. The number of nitrogens with zero attached hydrogens (tertiary/aromatic N) is 9. The average Bonchev–Trinajstić information content (AvgIpc) is 3.93. The predicted molar refractivity (Wildman–Crippen MR) is 192 cm³/mol. The number of hydrogen-bond acceptors (Lipinski definition) is 13. The first-order chi connectivity index (χ1) is 24.3. The second kappa shape index (κ2) is 12.7. The molecule has 7 aromatic heterocycles. The minimum Gasteiger partial charge on any atom is -0.384 e. The lowest BCUT2D eigenvalue weighted by atomic mass is 10.1. The van der Waals surface area contributed by atoms with Crippen LogP contribution >= 0.6 is 45.9 Å². The van der Waals surface area contributed by atoms with Gasteiger partial charge < -0.3 is 15.5 Å². The highest BCUT2D eigenvalue weighted by atomic mass is 35.5. The van der Waals surface area contributed by atoms with Crippen LogP contribution in [0.2, 0.25) is 10.0 Å². The molecule has 0 atom stereocenters. The fraction of sp³-hybridized carbons (Fsp3) is 0. The van der Waals surface area contributed by atoms with Crippen molar-refractivity contribution in [1.82, 2.24) is 49.5 Å². The first-order valence-electron chi connectivity index (χ1n) is 14.4. The first-order valence-corrected chi connectivity index (χ1v) is 16.7. The summed E-state index contributed by atoms with van der Waals surface area (Å²) in [5.74, 6) is 1.21. The summed E-state index contributed by atoms with van der Waals surface area (Å²) in [6.45, 7) is 0. The molecular weight excluding hydrogens is 725 g/mol. The van der Waals surface area contributed by atoms with E-state index in [2.05, 4.69) is 45.6 Å². The number of nitrogens with two attached hydrogens (primary N) is 1. The molecule has 0 aliphatic heterocycles. The highest BCUT2D eigenvalue weighted by Gasteiger charge is 2.20. The van der Waals surface area contributed by atoms with Crippen LogP contribution in [0.4, 0.5) is 22.0 Å². The molecule has 9 rings (SSSR count). The standard InChI is InChI=1S/C17H10ClN7O3S.C13H9ClN6S/c18-10-4-2-1-3-9(10)11-7-19-8-24(11)16-14-15(22-23-16)21-17(29-14)20-12-5-6-13(28-12)25(26)27;14-8-4-2-1-3-7(8)9-5-16-6-20(9)12-10-11(18-19-12)17-13(15)21-10/h1-8H,(H2,20,21,22,23);1-6H,(H3,15,17,18,19). The largest absolute Gasteiger partial charge is 0.434 e. The molecule has 0 aliphatic rings. The Kier molecular flexibility index (Phi) is 7.96. The normalized spacial score (nSPS) is 11.2. The molecule has 0 saturated heterocycles. The van der Waals surface area contributed by atoms with Gasteiger partial charge in [0.25, 0.3) is 0 Å². The molecule has 50 heavy (non-hydrogen) atoms. The zero-order valence-corrected chi connectivity index (χ0v) is 28.1. The quantitative estimate of drug-likeness (QED) is 0.0910. The fourth-order valence-electron chi connectivity index (χ4n) is 5.07. The lowest BCUT2D eigenvalue weighted by Crippen LogP contribution is -1.96. The molecule has 0 saturated carbocycles. The molecule has 0 unspecified atom stereocenters. The number of hydrogen-bond donors (Lipinski definition) is 4. The van der Waals surface area contributed by atoms with E-state index >= 15 is 0 Å². The van der Waals surface area contributed by atoms with Crippen molar-refractivity contribution in [1.29, 1.82) is 0 Å².